The molecular formula is C17H22N4O12P2. The molecule has 2 aliphatic heterocycles. The molecule has 3 N–H and O–H groups in total. The van der Waals surface area contributed by atoms with Crippen LogP contribution in [0.3, 0.4) is 0 Å². The van der Waals surface area contributed by atoms with E-state index in [1.807, 2.05) is 4.98 Å². The Balaban J connectivity index is 0.000000196. The molecule has 6 atom stereocenters. The van der Waals surface area contributed by atoms with Crippen molar-refractivity contribution in [2.75, 3.05) is 19.9 Å². The average Bonchev–Trinajstić information content (AvgIpc) is 3.42. The summed E-state index contributed by atoms with van der Waals surface area (Å²) in [4.78, 5) is 68.1. The fraction of sp³-hybridized carbons (Fsp3) is 0.529. The van der Waals surface area contributed by atoms with E-state index in [9.17, 15) is 33.2 Å². The Hall–Kier alpha value is -2.55. The van der Waals surface area contributed by atoms with Crippen molar-refractivity contribution in [3.8, 4) is 0 Å². The first-order chi connectivity index (χ1) is 16.4. The molecule has 2 aliphatic rings. The molecule has 0 radical (unpaired) electrons. The molecule has 16 nitrogen and oxygen atoms in total. The number of nitrogens with one attached hydrogen (secondary N) is 2. The lowest BCUT2D eigenvalue weighted by molar-refractivity contribution is -0.216. The molecule has 2 saturated heterocycles. The summed E-state index contributed by atoms with van der Waals surface area (Å²) >= 11 is 0. The van der Waals surface area contributed by atoms with Crippen molar-refractivity contribution in [2.24, 2.45) is 0 Å². The highest BCUT2D eigenvalue weighted by molar-refractivity contribution is 7.50. The summed E-state index contributed by atoms with van der Waals surface area (Å²) in [5, 5.41) is 0. The SMILES string of the molecule is C[P+](=O)C1OCC(Cn2ccc(=O)[nH]c2=O)O1.O=c1ccn(CC2COC(P(=O)([O-])O)O2)c(=O)[nH]1. The maximum Gasteiger partial charge on any atom is 0.398 e. The highest BCUT2D eigenvalue weighted by Crippen LogP contribution is 2.41. The van der Waals surface area contributed by atoms with Gasteiger partial charge in [-0.05, 0) is 0 Å². The van der Waals surface area contributed by atoms with E-state index in [0.29, 0.717) is 0 Å². The topological polar surface area (TPSA) is 224 Å². The molecule has 6 unspecified atom stereocenters. The Morgan fingerprint density at radius 3 is 1.89 bits per heavy atom. The second-order valence-electron chi connectivity index (χ2n) is 7.43. The number of aromatic nitrogens is 4. The lowest BCUT2D eigenvalue weighted by Gasteiger charge is -2.21. The minimum atomic E-state index is -4.71. The van der Waals surface area contributed by atoms with Crippen molar-refractivity contribution >= 4 is 15.4 Å². The Morgan fingerprint density at radius 2 is 1.49 bits per heavy atom. The number of rotatable bonds is 6. The molecule has 0 amide bonds. The summed E-state index contributed by atoms with van der Waals surface area (Å²) in [7, 11) is -6.27. The van der Waals surface area contributed by atoms with Gasteiger partial charge in [-0.15, -0.1) is 0 Å². The number of ether oxygens (including phenoxy) is 4. The first kappa shape index (κ1) is 27.0. The van der Waals surface area contributed by atoms with Gasteiger partial charge in [0.1, 0.15) is 18.9 Å². The molecule has 4 heterocycles. The Labute approximate surface area is 196 Å². The first-order valence-electron chi connectivity index (χ1n) is 9.99. The highest BCUT2D eigenvalue weighted by atomic mass is 31.2. The predicted octanol–water partition coefficient (Wildman–Crippen LogP) is -2.53. The summed E-state index contributed by atoms with van der Waals surface area (Å²) in [6.45, 7) is 1.99. The third kappa shape index (κ3) is 7.72. The maximum atomic E-state index is 11.4. The van der Waals surface area contributed by atoms with E-state index < -0.39 is 56.1 Å². The molecule has 0 aliphatic carbocycles. The number of aromatic amines is 2. The van der Waals surface area contributed by atoms with Crippen molar-refractivity contribution in [3.63, 3.8) is 0 Å². The van der Waals surface area contributed by atoms with Gasteiger partial charge in [0.05, 0.1) is 26.3 Å². The summed E-state index contributed by atoms with van der Waals surface area (Å²) in [5.41, 5.74) is -2.10. The molecule has 35 heavy (non-hydrogen) atoms. The van der Waals surface area contributed by atoms with Crippen molar-refractivity contribution in [3.05, 3.63) is 66.2 Å². The van der Waals surface area contributed by atoms with Crippen LogP contribution in [0, 0.1) is 0 Å². The predicted molar refractivity (Wildman–Crippen MR) is 115 cm³/mol. The van der Waals surface area contributed by atoms with Crippen molar-refractivity contribution in [1.82, 2.24) is 19.1 Å². The van der Waals surface area contributed by atoms with Crippen LogP contribution in [0.15, 0.2) is 43.7 Å². The number of hydrogen-bond donors (Lipinski definition) is 3. The third-order valence-electron chi connectivity index (χ3n) is 4.62. The van der Waals surface area contributed by atoms with Crippen LogP contribution in [0.5, 0.6) is 0 Å². The fourth-order valence-corrected chi connectivity index (χ4v) is 4.27. The van der Waals surface area contributed by atoms with Gasteiger partial charge in [-0.3, -0.25) is 28.7 Å². The van der Waals surface area contributed by atoms with Crippen LogP contribution in [-0.2, 0) is 41.2 Å². The van der Waals surface area contributed by atoms with Crippen LogP contribution >= 0.6 is 15.4 Å². The van der Waals surface area contributed by atoms with Gasteiger partial charge < -0.3 is 33.3 Å². The Morgan fingerprint density at radius 1 is 1.00 bits per heavy atom. The van der Waals surface area contributed by atoms with Crippen LogP contribution in [-0.4, -0.2) is 68.1 Å². The molecular weight excluding hydrogens is 514 g/mol. The molecule has 2 fully saturated rings. The molecule has 2 aromatic heterocycles. The molecule has 0 spiro atoms. The number of H-pyrrole nitrogens is 2. The van der Waals surface area contributed by atoms with Crippen LogP contribution in [0.1, 0.15) is 0 Å². The summed E-state index contributed by atoms with van der Waals surface area (Å²) in [6, 6.07) is 0.00300. The Kier molecular flexibility index (Phi) is 8.85. The van der Waals surface area contributed by atoms with Crippen LogP contribution < -0.4 is 27.4 Å². The zero-order valence-corrected chi connectivity index (χ0v) is 20.0. The lowest BCUT2D eigenvalue weighted by Crippen LogP contribution is -2.33. The summed E-state index contributed by atoms with van der Waals surface area (Å²) in [6.07, 6.45) is 1.62. The number of hydrogen-bond acceptors (Lipinski definition) is 11. The number of nitrogens with zero attached hydrogens (tertiary/aromatic N) is 2. The zero-order chi connectivity index (χ0) is 25.8. The normalized spacial score (nSPS) is 26.0. The van der Waals surface area contributed by atoms with Gasteiger partial charge in [0, 0.05) is 24.5 Å². The van der Waals surface area contributed by atoms with Crippen LogP contribution in [0.4, 0.5) is 0 Å². The second kappa shape index (κ2) is 11.5. The molecule has 0 saturated carbocycles. The van der Waals surface area contributed by atoms with E-state index in [2.05, 4.69) is 4.98 Å². The van der Waals surface area contributed by atoms with Gasteiger partial charge in [0.15, 0.2) is 7.60 Å². The van der Waals surface area contributed by atoms with E-state index in [1.165, 1.54) is 29.7 Å². The second-order valence-corrected chi connectivity index (χ2v) is 10.5. The van der Waals surface area contributed by atoms with E-state index >= 15 is 0 Å². The molecule has 0 bridgehead atoms. The van der Waals surface area contributed by atoms with Crippen LogP contribution in [0.25, 0.3) is 0 Å². The zero-order valence-electron chi connectivity index (χ0n) is 18.2. The maximum absolute atomic E-state index is 11.4. The highest BCUT2D eigenvalue weighted by Gasteiger charge is 2.37. The standard InChI is InChI=1S/C9H11N2O5P.C8H11N2O7P/c1-17(14)9-15-5-6(16-9)4-11-3-2-7(12)10-8(11)13;11-6-1-2-10(7(12)9-6)3-5-4-16-8(17-5)18(13,14)15/h2-3,6,9H,4-5H2,1H3;1-2,5,8H,3-4H2,(H,9,11,12)(H2,13,14,15). The molecule has 192 valence electrons. The fourth-order valence-electron chi connectivity index (χ4n) is 3.03. The third-order valence-corrected chi connectivity index (χ3v) is 6.29. The van der Waals surface area contributed by atoms with Crippen LogP contribution in [0.2, 0.25) is 0 Å². The van der Waals surface area contributed by atoms with Gasteiger partial charge in [-0.25, -0.2) is 9.59 Å². The quantitative estimate of drug-likeness (QED) is 0.325. The summed E-state index contributed by atoms with van der Waals surface area (Å²) in [5.74, 6) is 0. The van der Waals surface area contributed by atoms with Crippen molar-refractivity contribution < 1.29 is 37.9 Å². The lowest BCUT2D eigenvalue weighted by atomic mass is 10.4. The molecule has 0 aromatic carbocycles. The van der Waals surface area contributed by atoms with E-state index in [0.717, 1.165) is 10.6 Å². The van der Waals surface area contributed by atoms with Gasteiger partial charge in [0.2, 0.25) is 6.03 Å². The average molecular weight is 536 g/mol. The first-order valence-corrected chi connectivity index (χ1v) is 13.4. The smallest absolute Gasteiger partial charge is 0.398 e. The van der Waals surface area contributed by atoms with Gasteiger partial charge in [-0.2, -0.15) is 0 Å². The molecule has 18 heteroatoms. The largest absolute Gasteiger partial charge is 0.775 e. The van der Waals surface area contributed by atoms with Gasteiger partial charge in [0.25, 0.3) is 11.1 Å². The minimum Gasteiger partial charge on any atom is -0.775 e. The van der Waals surface area contributed by atoms with E-state index in [1.54, 1.807) is 0 Å². The van der Waals surface area contributed by atoms with E-state index in [-0.39, 0.29) is 32.4 Å². The van der Waals surface area contributed by atoms with E-state index in [4.69, 9.17) is 23.8 Å². The van der Waals surface area contributed by atoms with Crippen molar-refractivity contribution in [2.45, 2.75) is 37.4 Å². The van der Waals surface area contributed by atoms with Gasteiger partial charge >= 0.3 is 25.2 Å². The van der Waals surface area contributed by atoms with Crippen molar-refractivity contribution in [1.29, 1.82) is 0 Å². The monoisotopic (exact) mass is 536 g/mol. The summed E-state index contributed by atoms with van der Waals surface area (Å²) < 4.78 is 44.5. The molecule has 2 aromatic rings. The minimum absolute atomic E-state index is 0.00606. The Bertz CT molecular complexity index is 1330. The molecule has 4 rings (SSSR count). The van der Waals surface area contributed by atoms with Gasteiger partial charge in [-0.1, -0.05) is 4.57 Å².